The van der Waals surface area contributed by atoms with E-state index in [-0.39, 0.29) is 11.8 Å². The van der Waals surface area contributed by atoms with Gasteiger partial charge in [-0.25, -0.2) is 0 Å². The molecule has 0 aromatic carbocycles. The molecular weight excluding hydrogens is 268 g/mol. The lowest BCUT2D eigenvalue weighted by Crippen LogP contribution is -2.54. The molecule has 1 heterocycles. The van der Waals surface area contributed by atoms with Crippen LogP contribution in [-0.4, -0.2) is 59.5 Å². The lowest BCUT2D eigenvalue weighted by atomic mass is 9.94. The number of carboxylic acid groups (broad SMARTS) is 1. The molecule has 5 nitrogen and oxygen atoms in total. The molecule has 2 aliphatic rings. The largest absolute Gasteiger partial charge is 0.481 e. The Balaban J connectivity index is 2.06. The van der Waals surface area contributed by atoms with E-state index in [0.29, 0.717) is 18.4 Å². The Morgan fingerprint density at radius 1 is 1.10 bits per heavy atom. The number of rotatable bonds is 4. The van der Waals surface area contributed by atoms with Crippen molar-refractivity contribution in [1.82, 2.24) is 9.80 Å². The van der Waals surface area contributed by atoms with E-state index < -0.39 is 11.9 Å². The molecule has 0 aromatic rings. The monoisotopic (exact) mass is 296 g/mol. The third kappa shape index (κ3) is 3.39. The number of hydrogen-bond acceptors (Lipinski definition) is 3. The van der Waals surface area contributed by atoms with E-state index in [4.69, 9.17) is 0 Å². The predicted molar refractivity (Wildman–Crippen MR) is 80.9 cm³/mol. The Kier molecular flexibility index (Phi) is 5.25. The zero-order valence-corrected chi connectivity index (χ0v) is 13.4. The number of piperazine rings is 1. The van der Waals surface area contributed by atoms with Gasteiger partial charge >= 0.3 is 5.97 Å². The van der Waals surface area contributed by atoms with Gasteiger partial charge in [0, 0.05) is 25.7 Å². The summed E-state index contributed by atoms with van der Waals surface area (Å²) in [5.41, 5.74) is 0. The summed E-state index contributed by atoms with van der Waals surface area (Å²) in [5, 5.41) is 9.41. The summed E-state index contributed by atoms with van der Waals surface area (Å²) in [6.07, 6.45) is 3.39. The zero-order valence-electron chi connectivity index (χ0n) is 13.4. The van der Waals surface area contributed by atoms with Crippen LogP contribution in [0.2, 0.25) is 0 Å². The van der Waals surface area contributed by atoms with Crippen molar-refractivity contribution in [2.75, 3.05) is 26.7 Å². The molecule has 1 aliphatic heterocycles. The van der Waals surface area contributed by atoms with E-state index in [9.17, 15) is 14.7 Å². The minimum absolute atomic E-state index is 0.0740. The molecule has 1 aliphatic carbocycles. The average molecular weight is 296 g/mol. The molecule has 0 bridgehead atoms. The fourth-order valence-corrected chi connectivity index (χ4v) is 3.84. The number of amides is 1. The summed E-state index contributed by atoms with van der Waals surface area (Å²) in [7, 11) is 2.10. The van der Waals surface area contributed by atoms with Crippen LogP contribution in [0.15, 0.2) is 0 Å². The van der Waals surface area contributed by atoms with E-state index in [2.05, 4.69) is 25.8 Å². The molecule has 2 rings (SSSR count). The topological polar surface area (TPSA) is 60.9 Å². The van der Waals surface area contributed by atoms with Crippen molar-refractivity contribution in [2.45, 2.75) is 45.6 Å². The fourth-order valence-electron chi connectivity index (χ4n) is 3.84. The van der Waals surface area contributed by atoms with Crippen LogP contribution >= 0.6 is 0 Å². The standard InChI is InChI=1S/C16H28N2O3/c1-4-11-8-13(14(9-11)16(20)21)15(19)18-7-6-17(3)12(5-2)10-18/h11-14H,4-10H2,1-3H3,(H,20,21)/t11?,12?,13-,14+/m0/s1. The molecule has 1 N–H and O–H groups in total. The number of aliphatic carboxylic acids is 1. The van der Waals surface area contributed by atoms with Gasteiger partial charge < -0.3 is 10.0 Å². The minimum Gasteiger partial charge on any atom is -0.481 e. The summed E-state index contributed by atoms with van der Waals surface area (Å²) in [4.78, 5) is 28.4. The van der Waals surface area contributed by atoms with Crippen LogP contribution in [0.3, 0.4) is 0 Å². The van der Waals surface area contributed by atoms with Gasteiger partial charge in [0.25, 0.3) is 0 Å². The van der Waals surface area contributed by atoms with Crippen molar-refractivity contribution in [3.05, 3.63) is 0 Å². The van der Waals surface area contributed by atoms with Crippen molar-refractivity contribution >= 4 is 11.9 Å². The van der Waals surface area contributed by atoms with Gasteiger partial charge in [-0.05, 0) is 32.2 Å². The zero-order chi connectivity index (χ0) is 15.6. The van der Waals surface area contributed by atoms with Crippen molar-refractivity contribution in [2.24, 2.45) is 17.8 Å². The van der Waals surface area contributed by atoms with E-state index in [1.807, 2.05) is 4.90 Å². The van der Waals surface area contributed by atoms with Gasteiger partial charge in [0.1, 0.15) is 0 Å². The van der Waals surface area contributed by atoms with Crippen molar-refractivity contribution in [3.63, 3.8) is 0 Å². The van der Waals surface area contributed by atoms with Gasteiger partial charge in [0.15, 0.2) is 0 Å². The van der Waals surface area contributed by atoms with E-state index >= 15 is 0 Å². The van der Waals surface area contributed by atoms with Crippen LogP contribution in [0, 0.1) is 17.8 Å². The number of carbonyl (C=O) groups excluding carboxylic acids is 1. The first-order valence-corrected chi connectivity index (χ1v) is 8.19. The molecule has 120 valence electrons. The molecule has 0 aromatic heterocycles. The van der Waals surface area contributed by atoms with E-state index in [1.165, 1.54) is 0 Å². The highest BCUT2D eigenvalue weighted by Gasteiger charge is 2.44. The maximum absolute atomic E-state index is 12.8. The summed E-state index contributed by atoms with van der Waals surface area (Å²) in [6.45, 7) is 6.57. The second kappa shape index (κ2) is 6.77. The van der Waals surface area contributed by atoms with Gasteiger partial charge in [0.05, 0.1) is 11.8 Å². The number of hydrogen-bond donors (Lipinski definition) is 1. The van der Waals surface area contributed by atoms with E-state index in [1.54, 1.807) is 0 Å². The Morgan fingerprint density at radius 3 is 2.33 bits per heavy atom. The Morgan fingerprint density at radius 2 is 1.76 bits per heavy atom. The molecule has 1 saturated carbocycles. The highest BCUT2D eigenvalue weighted by atomic mass is 16.4. The van der Waals surface area contributed by atoms with Gasteiger partial charge in [-0.1, -0.05) is 20.3 Å². The maximum atomic E-state index is 12.8. The smallest absolute Gasteiger partial charge is 0.307 e. The summed E-state index contributed by atoms with van der Waals surface area (Å²) in [5.74, 6) is -1.14. The first-order valence-electron chi connectivity index (χ1n) is 8.19. The Hall–Kier alpha value is -1.10. The molecule has 0 radical (unpaired) electrons. The lowest BCUT2D eigenvalue weighted by molar-refractivity contribution is -0.150. The number of carbonyl (C=O) groups is 2. The summed E-state index contributed by atoms with van der Waals surface area (Å²) >= 11 is 0. The van der Waals surface area contributed by atoms with Crippen LogP contribution < -0.4 is 0 Å². The summed E-state index contributed by atoms with van der Waals surface area (Å²) < 4.78 is 0. The Labute approximate surface area is 127 Å². The van der Waals surface area contributed by atoms with Crippen LogP contribution in [-0.2, 0) is 9.59 Å². The number of likely N-dealkylation sites (N-methyl/N-ethyl adjacent to an activating group) is 1. The number of carboxylic acids is 1. The van der Waals surface area contributed by atoms with Gasteiger partial charge in [-0.15, -0.1) is 0 Å². The molecular formula is C16H28N2O3. The highest BCUT2D eigenvalue weighted by Crippen LogP contribution is 2.39. The van der Waals surface area contributed by atoms with Crippen LogP contribution in [0.25, 0.3) is 0 Å². The number of nitrogens with zero attached hydrogens (tertiary/aromatic N) is 2. The molecule has 4 atom stereocenters. The molecule has 2 fully saturated rings. The van der Waals surface area contributed by atoms with Gasteiger partial charge in [-0.3, -0.25) is 14.5 Å². The molecule has 0 spiro atoms. The van der Waals surface area contributed by atoms with Crippen molar-refractivity contribution in [1.29, 1.82) is 0 Å². The highest BCUT2D eigenvalue weighted by molar-refractivity contribution is 5.85. The van der Waals surface area contributed by atoms with Crippen molar-refractivity contribution < 1.29 is 14.7 Å². The second-order valence-corrected chi connectivity index (χ2v) is 6.62. The van der Waals surface area contributed by atoms with Crippen LogP contribution in [0.4, 0.5) is 0 Å². The van der Waals surface area contributed by atoms with Crippen LogP contribution in [0.5, 0.6) is 0 Å². The average Bonchev–Trinajstić information content (AvgIpc) is 2.91. The third-order valence-electron chi connectivity index (χ3n) is 5.43. The molecule has 5 heteroatoms. The maximum Gasteiger partial charge on any atom is 0.307 e. The summed E-state index contributed by atoms with van der Waals surface area (Å²) in [6, 6.07) is 0.398. The molecule has 1 amide bonds. The van der Waals surface area contributed by atoms with Crippen molar-refractivity contribution in [3.8, 4) is 0 Å². The SMILES string of the molecule is CCC1C[C@H](C(=O)N2CCN(C)C(CC)C2)[C@H](C(=O)O)C1. The molecule has 21 heavy (non-hydrogen) atoms. The molecule has 2 unspecified atom stereocenters. The van der Waals surface area contributed by atoms with Gasteiger partial charge in [0.2, 0.25) is 5.91 Å². The molecule has 1 saturated heterocycles. The Bertz CT molecular complexity index is 399. The van der Waals surface area contributed by atoms with Gasteiger partial charge in [-0.2, -0.15) is 0 Å². The van der Waals surface area contributed by atoms with Crippen LogP contribution in [0.1, 0.15) is 39.5 Å². The third-order valence-corrected chi connectivity index (χ3v) is 5.43. The fraction of sp³-hybridized carbons (Fsp3) is 0.875. The lowest BCUT2D eigenvalue weighted by Gasteiger charge is -2.40. The quantitative estimate of drug-likeness (QED) is 0.857. The normalized spacial score (nSPS) is 34.1. The minimum atomic E-state index is -0.800. The second-order valence-electron chi connectivity index (χ2n) is 6.62. The van der Waals surface area contributed by atoms with E-state index in [0.717, 1.165) is 38.9 Å². The first kappa shape index (κ1) is 16.3. The predicted octanol–water partition coefficient (Wildman–Crippen LogP) is 1.68. The first-order chi connectivity index (χ1) is 9.97.